The number of hydrogen-bond donors (Lipinski definition) is 0. The molecule has 0 saturated heterocycles. The molecule has 0 aromatic heterocycles. The molecule has 0 aliphatic heterocycles. The fourth-order valence-corrected chi connectivity index (χ4v) is 1.61. The van der Waals surface area contributed by atoms with Crippen molar-refractivity contribution in [1.29, 1.82) is 0 Å². The van der Waals surface area contributed by atoms with E-state index < -0.39 is 12.6 Å². The molecule has 1 nitrogen and oxygen atoms in total. The van der Waals surface area contributed by atoms with Crippen molar-refractivity contribution in [3.8, 4) is 0 Å². The van der Waals surface area contributed by atoms with Gasteiger partial charge in [0.1, 0.15) is 5.60 Å². The molecule has 0 aliphatic rings. The van der Waals surface area contributed by atoms with Crippen LogP contribution in [0.5, 0.6) is 0 Å². The highest BCUT2D eigenvalue weighted by molar-refractivity contribution is 5.02. The Bertz CT molecular complexity index is 297. The lowest BCUT2D eigenvalue weighted by molar-refractivity contribution is -0.137. The Hall–Kier alpha value is -0.930. The summed E-state index contributed by atoms with van der Waals surface area (Å²) >= 11 is 0. The van der Waals surface area contributed by atoms with Crippen LogP contribution in [-0.4, -0.2) is 11.8 Å². The third-order valence-corrected chi connectivity index (χ3v) is 2.40. The third-order valence-electron chi connectivity index (χ3n) is 2.40. The maximum absolute atomic E-state index is 12.2. The van der Waals surface area contributed by atoms with Crippen molar-refractivity contribution in [2.75, 3.05) is 0 Å². The van der Waals surface area contributed by atoms with Crippen molar-refractivity contribution >= 4 is 0 Å². The van der Waals surface area contributed by atoms with E-state index in [-0.39, 0.29) is 17.9 Å². The van der Waals surface area contributed by atoms with E-state index in [0.29, 0.717) is 12.2 Å². The van der Waals surface area contributed by atoms with Crippen molar-refractivity contribution < 1.29 is 17.9 Å². The summed E-state index contributed by atoms with van der Waals surface area (Å²) in [5.41, 5.74) is 0.360. The van der Waals surface area contributed by atoms with E-state index in [1.54, 1.807) is 6.92 Å². The van der Waals surface area contributed by atoms with Crippen LogP contribution in [0.4, 0.5) is 13.2 Å². The van der Waals surface area contributed by atoms with Crippen LogP contribution >= 0.6 is 0 Å². The molecule has 0 aromatic carbocycles. The van der Waals surface area contributed by atoms with E-state index >= 15 is 0 Å². The molecule has 0 radical (unpaired) electrons. The van der Waals surface area contributed by atoms with Crippen LogP contribution in [0.25, 0.3) is 0 Å². The van der Waals surface area contributed by atoms with Crippen LogP contribution in [0.1, 0.15) is 47.0 Å². The molecule has 4 heteroatoms. The van der Waals surface area contributed by atoms with E-state index in [1.165, 1.54) is 0 Å². The Labute approximate surface area is 108 Å². The summed E-state index contributed by atoms with van der Waals surface area (Å²) in [5, 5.41) is 0. The highest BCUT2D eigenvalue weighted by atomic mass is 19.4. The van der Waals surface area contributed by atoms with Gasteiger partial charge >= 0.3 is 6.18 Å². The number of allylic oxidation sites excluding steroid dienone is 2. The zero-order valence-electron chi connectivity index (χ0n) is 11.7. The monoisotopic (exact) mass is 264 g/mol. The molecule has 0 fully saturated rings. The highest BCUT2D eigenvalue weighted by Crippen LogP contribution is 2.30. The van der Waals surface area contributed by atoms with Crippen molar-refractivity contribution in [2.45, 2.75) is 58.7 Å². The van der Waals surface area contributed by atoms with Gasteiger partial charge in [0.05, 0.1) is 5.76 Å². The molecule has 0 amide bonds. The van der Waals surface area contributed by atoms with Crippen molar-refractivity contribution in [2.24, 2.45) is 5.92 Å². The quantitative estimate of drug-likeness (QED) is 0.471. The smallest absolute Gasteiger partial charge is 0.389 e. The van der Waals surface area contributed by atoms with Crippen LogP contribution < -0.4 is 0 Å². The molecule has 0 bridgehead atoms. The van der Waals surface area contributed by atoms with Gasteiger partial charge < -0.3 is 4.74 Å². The molecule has 0 N–H and O–H groups in total. The van der Waals surface area contributed by atoms with E-state index in [4.69, 9.17) is 4.74 Å². The van der Waals surface area contributed by atoms with Crippen LogP contribution in [0.15, 0.2) is 24.5 Å². The topological polar surface area (TPSA) is 9.23 Å². The first-order chi connectivity index (χ1) is 7.91. The normalized spacial score (nSPS) is 14.2. The van der Waals surface area contributed by atoms with Gasteiger partial charge in [-0.3, -0.25) is 0 Å². The number of alkyl halides is 3. The Kier molecular flexibility index (Phi) is 5.97. The van der Waals surface area contributed by atoms with Crippen LogP contribution in [0.2, 0.25) is 0 Å². The predicted octanol–water partition coefficient (Wildman–Crippen LogP) is 5.24. The fraction of sp³-hybridized carbons (Fsp3) is 0.714. The summed E-state index contributed by atoms with van der Waals surface area (Å²) in [4.78, 5) is 0. The highest BCUT2D eigenvalue weighted by Gasteiger charge is 2.29. The van der Waals surface area contributed by atoms with Crippen LogP contribution in [-0.2, 0) is 4.74 Å². The predicted molar refractivity (Wildman–Crippen MR) is 68.2 cm³/mol. The number of ether oxygens (including phenoxy) is 1. The SMILES string of the molecule is C=C(CC(CCC(F)(F)F)C(=C)C)OC(C)(C)C. The van der Waals surface area contributed by atoms with Gasteiger partial charge in [-0.05, 0) is 40.0 Å². The van der Waals surface area contributed by atoms with Crippen molar-refractivity contribution in [3.05, 3.63) is 24.5 Å². The Morgan fingerprint density at radius 2 is 1.67 bits per heavy atom. The van der Waals surface area contributed by atoms with Crippen molar-refractivity contribution in [3.63, 3.8) is 0 Å². The fourth-order valence-electron chi connectivity index (χ4n) is 1.61. The van der Waals surface area contributed by atoms with Gasteiger partial charge in [-0.15, -0.1) is 0 Å². The molecule has 1 atom stereocenters. The minimum atomic E-state index is -4.13. The minimum absolute atomic E-state index is 0.0331. The van der Waals surface area contributed by atoms with Gasteiger partial charge in [0.25, 0.3) is 0 Å². The number of halogens is 3. The van der Waals surface area contributed by atoms with E-state index in [0.717, 1.165) is 5.57 Å². The summed E-state index contributed by atoms with van der Waals surface area (Å²) in [5.74, 6) is 0.277. The van der Waals surface area contributed by atoms with Gasteiger partial charge in [-0.2, -0.15) is 13.2 Å². The summed E-state index contributed by atoms with van der Waals surface area (Å²) in [7, 11) is 0. The van der Waals surface area contributed by atoms with Crippen molar-refractivity contribution in [1.82, 2.24) is 0 Å². The maximum atomic E-state index is 12.2. The molecular formula is C14H23F3O. The lowest BCUT2D eigenvalue weighted by Crippen LogP contribution is -2.20. The van der Waals surface area contributed by atoms with Gasteiger partial charge in [-0.1, -0.05) is 18.7 Å². The molecule has 0 heterocycles. The zero-order valence-corrected chi connectivity index (χ0v) is 11.7. The molecular weight excluding hydrogens is 241 g/mol. The van der Waals surface area contributed by atoms with Crippen LogP contribution in [0, 0.1) is 5.92 Å². The first-order valence-corrected chi connectivity index (χ1v) is 5.99. The average Bonchev–Trinajstić information content (AvgIpc) is 2.06. The third kappa shape index (κ3) is 9.14. The summed E-state index contributed by atoms with van der Waals surface area (Å²) < 4.78 is 42.1. The van der Waals surface area contributed by atoms with E-state index in [1.807, 2.05) is 20.8 Å². The summed E-state index contributed by atoms with van der Waals surface area (Å²) in [6.07, 6.45) is -4.50. The van der Waals surface area contributed by atoms with Gasteiger partial charge in [0.2, 0.25) is 0 Å². The molecule has 18 heavy (non-hydrogen) atoms. The minimum Gasteiger partial charge on any atom is -0.493 e. The first-order valence-electron chi connectivity index (χ1n) is 5.99. The van der Waals surface area contributed by atoms with Gasteiger partial charge in [-0.25, -0.2) is 0 Å². The molecule has 0 aromatic rings. The first kappa shape index (κ1) is 17.1. The zero-order chi connectivity index (χ0) is 14.6. The second-order valence-electron chi connectivity index (χ2n) is 5.65. The molecule has 0 aliphatic carbocycles. The number of hydrogen-bond acceptors (Lipinski definition) is 1. The van der Waals surface area contributed by atoms with Gasteiger partial charge in [0.15, 0.2) is 0 Å². The standard InChI is InChI=1S/C14H23F3O/c1-10(2)12(7-8-14(15,16)17)9-11(3)18-13(4,5)6/h12H,1,3,7-9H2,2,4-6H3. The lowest BCUT2D eigenvalue weighted by Gasteiger charge is -2.26. The molecule has 0 spiro atoms. The molecule has 0 rings (SSSR count). The molecule has 1 unspecified atom stereocenters. The molecule has 106 valence electrons. The molecule has 0 saturated carbocycles. The Morgan fingerprint density at radius 1 is 1.17 bits per heavy atom. The average molecular weight is 264 g/mol. The Balaban J connectivity index is 4.37. The second kappa shape index (κ2) is 6.30. The summed E-state index contributed by atoms with van der Waals surface area (Å²) in [6, 6.07) is 0. The Morgan fingerprint density at radius 3 is 2.00 bits per heavy atom. The van der Waals surface area contributed by atoms with Gasteiger partial charge in [0, 0.05) is 12.8 Å². The lowest BCUT2D eigenvalue weighted by atomic mass is 9.92. The second-order valence-corrected chi connectivity index (χ2v) is 5.65. The van der Waals surface area contributed by atoms with Crippen LogP contribution in [0.3, 0.4) is 0 Å². The number of rotatable bonds is 6. The maximum Gasteiger partial charge on any atom is 0.389 e. The van der Waals surface area contributed by atoms with E-state index in [9.17, 15) is 13.2 Å². The largest absolute Gasteiger partial charge is 0.493 e. The summed E-state index contributed by atoms with van der Waals surface area (Å²) in [6.45, 7) is 14.9. The van der Waals surface area contributed by atoms with E-state index in [2.05, 4.69) is 13.2 Å².